The first-order valence-electron chi connectivity index (χ1n) is 4.53. The summed E-state index contributed by atoms with van der Waals surface area (Å²) in [7, 11) is 1.21. The Bertz CT molecular complexity index is 538. The number of fused-ring (bicyclic) bond motifs is 1. The number of halogens is 1. The van der Waals surface area contributed by atoms with Crippen LogP contribution in [0.15, 0.2) is 18.2 Å². The van der Waals surface area contributed by atoms with Crippen LogP contribution in [0.4, 0.5) is 0 Å². The highest BCUT2D eigenvalue weighted by atomic mass is 35.5. The van der Waals surface area contributed by atoms with Gasteiger partial charge in [-0.1, -0.05) is 23.7 Å². The number of esters is 1. The molecule has 1 aromatic heterocycles. The number of aromatic nitrogens is 2. The van der Waals surface area contributed by atoms with Gasteiger partial charge in [-0.2, -0.15) is 5.10 Å². The number of aliphatic hydroxyl groups excluding tert-OH is 1. The van der Waals surface area contributed by atoms with E-state index in [1.807, 2.05) is 0 Å². The predicted molar refractivity (Wildman–Crippen MR) is 58.1 cm³/mol. The van der Waals surface area contributed by atoms with Crippen LogP contribution < -0.4 is 0 Å². The molecule has 1 heterocycles. The maximum absolute atomic E-state index is 11.2. The number of H-pyrrole nitrogens is 1. The van der Waals surface area contributed by atoms with E-state index in [9.17, 15) is 9.90 Å². The lowest BCUT2D eigenvalue weighted by molar-refractivity contribution is -0.150. The smallest absolute Gasteiger partial charge is 0.339 e. The maximum atomic E-state index is 11.2. The van der Waals surface area contributed by atoms with Crippen molar-refractivity contribution in [2.75, 3.05) is 7.11 Å². The van der Waals surface area contributed by atoms with Crippen LogP contribution in [0.5, 0.6) is 0 Å². The number of ether oxygens (including phenoxy) is 1. The summed E-state index contributed by atoms with van der Waals surface area (Å²) in [5.41, 5.74) is 0.831. The minimum Gasteiger partial charge on any atom is -0.467 e. The summed E-state index contributed by atoms with van der Waals surface area (Å²) in [5, 5.41) is 17.3. The second-order valence-electron chi connectivity index (χ2n) is 3.21. The fourth-order valence-corrected chi connectivity index (χ4v) is 1.68. The lowest BCUT2D eigenvalue weighted by atomic mass is 10.1. The number of aromatic amines is 1. The standard InChI is InChI=1S/C10H9ClN2O3/c1-16-10(15)8(14)5-3-2-4-6-7(5)12-13-9(6)11/h2-4,8,14H,1H3,(H,12,13). The van der Waals surface area contributed by atoms with Crippen molar-refractivity contribution in [3.63, 3.8) is 0 Å². The number of hydrogen-bond donors (Lipinski definition) is 2. The van der Waals surface area contributed by atoms with Crippen molar-refractivity contribution in [1.29, 1.82) is 0 Å². The molecule has 0 bridgehead atoms. The molecule has 0 saturated carbocycles. The Hall–Kier alpha value is -1.59. The number of para-hydroxylation sites is 1. The summed E-state index contributed by atoms with van der Waals surface area (Å²) >= 11 is 5.85. The SMILES string of the molecule is COC(=O)C(O)c1cccc2c(Cl)[nH]nc12. The average Bonchev–Trinajstić information content (AvgIpc) is 2.69. The molecule has 5 nitrogen and oxygen atoms in total. The van der Waals surface area contributed by atoms with E-state index in [0.717, 1.165) is 0 Å². The van der Waals surface area contributed by atoms with Gasteiger partial charge in [-0.3, -0.25) is 5.10 Å². The van der Waals surface area contributed by atoms with Gasteiger partial charge in [0.05, 0.1) is 7.11 Å². The van der Waals surface area contributed by atoms with E-state index in [4.69, 9.17) is 11.6 Å². The number of hydrogen-bond acceptors (Lipinski definition) is 4. The van der Waals surface area contributed by atoms with E-state index in [2.05, 4.69) is 14.9 Å². The van der Waals surface area contributed by atoms with Crippen molar-refractivity contribution in [2.45, 2.75) is 6.10 Å². The number of nitrogens with zero attached hydrogens (tertiary/aromatic N) is 1. The zero-order valence-corrected chi connectivity index (χ0v) is 9.15. The summed E-state index contributed by atoms with van der Waals surface area (Å²) in [4.78, 5) is 11.2. The summed E-state index contributed by atoms with van der Waals surface area (Å²) < 4.78 is 4.46. The van der Waals surface area contributed by atoms with Crippen LogP contribution in [-0.2, 0) is 9.53 Å². The molecule has 0 radical (unpaired) electrons. The molecule has 0 aliphatic rings. The topological polar surface area (TPSA) is 75.2 Å². The second-order valence-corrected chi connectivity index (χ2v) is 3.58. The van der Waals surface area contributed by atoms with Gasteiger partial charge in [0.2, 0.25) is 0 Å². The Morgan fingerprint density at radius 1 is 1.62 bits per heavy atom. The van der Waals surface area contributed by atoms with E-state index in [1.54, 1.807) is 18.2 Å². The molecule has 0 fully saturated rings. The number of benzene rings is 1. The fourth-order valence-electron chi connectivity index (χ4n) is 1.49. The molecular weight excluding hydrogens is 232 g/mol. The van der Waals surface area contributed by atoms with Crippen LogP contribution in [0.2, 0.25) is 5.15 Å². The molecule has 16 heavy (non-hydrogen) atoms. The Kier molecular flexibility index (Phi) is 2.80. The van der Waals surface area contributed by atoms with Gasteiger partial charge in [-0.05, 0) is 6.07 Å². The Balaban J connectivity index is 2.56. The van der Waals surface area contributed by atoms with Crippen molar-refractivity contribution in [2.24, 2.45) is 0 Å². The third kappa shape index (κ3) is 1.64. The zero-order valence-electron chi connectivity index (χ0n) is 8.40. The summed E-state index contributed by atoms with van der Waals surface area (Å²) in [5.74, 6) is -0.730. The number of nitrogens with one attached hydrogen (secondary N) is 1. The van der Waals surface area contributed by atoms with Gasteiger partial charge in [0, 0.05) is 10.9 Å². The second kappa shape index (κ2) is 4.11. The van der Waals surface area contributed by atoms with E-state index in [0.29, 0.717) is 21.6 Å². The van der Waals surface area contributed by atoms with Gasteiger partial charge in [-0.25, -0.2) is 4.79 Å². The molecule has 1 atom stereocenters. The van der Waals surface area contributed by atoms with Crippen molar-refractivity contribution < 1.29 is 14.6 Å². The zero-order chi connectivity index (χ0) is 11.7. The van der Waals surface area contributed by atoms with Crippen molar-refractivity contribution in [1.82, 2.24) is 10.2 Å². The van der Waals surface area contributed by atoms with Crippen molar-refractivity contribution in [3.05, 3.63) is 28.9 Å². The molecule has 2 N–H and O–H groups in total. The quantitative estimate of drug-likeness (QED) is 0.779. The molecule has 84 valence electrons. The highest BCUT2D eigenvalue weighted by molar-refractivity contribution is 6.34. The van der Waals surface area contributed by atoms with Crippen LogP contribution in [-0.4, -0.2) is 28.4 Å². The van der Waals surface area contributed by atoms with E-state index in [-0.39, 0.29) is 0 Å². The number of carbonyl (C=O) groups excluding carboxylic acids is 1. The molecule has 2 aromatic rings. The third-order valence-electron chi connectivity index (χ3n) is 2.29. The van der Waals surface area contributed by atoms with Gasteiger partial charge in [0.1, 0.15) is 10.7 Å². The number of methoxy groups -OCH3 is 1. The van der Waals surface area contributed by atoms with Crippen LogP contribution in [0.1, 0.15) is 11.7 Å². The first-order chi connectivity index (χ1) is 7.65. The van der Waals surface area contributed by atoms with Crippen LogP contribution in [0, 0.1) is 0 Å². The lowest BCUT2D eigenvalue weighted by Gasteiger charge is -2.08. The molecule has 0 aliphatic carbocycles. The highest BCUT2D eigenvalue weighted by Gasteiger charge is 2.21. The van der Waals surface area contributed by atoms with Crippen LogP contribution >= 0.6 is 11.6 Å². The maximum Gasteiger partial charge on any atom is 0.339 e. The number of rotatable bonds is 2. The molecule has 0 saturated heterocycles. The molecule has 0 amide bonds. The fraction of sp³-hybridized carbons (Fsp3) is 0.200. The molecule has 1 unspecified atom stereocenters. The molecule has 1 aromatic carbocycles. The van der Waals surface area contributed by atoms with Crippen molar-refractivity contribution >= 4 is 28.5 Å². The van der Waals surface area contributed by atoms with Crippen LogP contribution in [0.3, 0.4) is 0 Å². The lowest BCUT2D eigenvalue weighted by Crippen LogP contribution is -2.13. The summed E-state index contributed by atoms with van der Waals surface area (Å²) in [6, 6.07) is 5.03. The van der Waals surface area contributed by atoms with E-state index >= 15 is 0 Å². The number of aliphatic hydroxyl groups is 1. The third-order valence-corrected chi connectivity index (χ3v) is 2.58. The van der Waals surface area contributed by atoms with Gasteiger partial charge < -0.3 is 9.84 Å². The highest BCUT2D eigenvalue weighted by Crippen LogP contribution is 2.27. The van der Waals surface area contributed by atoms with E-state index in [1.165, 1.54) is 7.11 Å². The van der Waals surface area contributed by atoms with Gasteiger partial charge in [0.15, 0.2) is 6.10 Å². The minimum atomic E-state index is -1.35. The Morgan fingerprint density at radius 2 is 2.38 bits per heavy atom. The largest absolute Gasteiger partial charge is 0.467 e. The Labute approximate surface area is 96.0 Å². The van der Waals surface area contributed by atoms with Gasteiger partial charge in [-0.15, -0.1) is 0 Å². The molecule has 2 rings (SSSR count). The first-order valence-corrected chi connectivity index (χ1v) is 4.91. The van der Waals surface area contributed by atoms with Crippen molar-refractivity contribution in [3.8, 4) is 0 Å². The van der Waals surface area contributed by atoms with Gasteiger partial charge >= 0.3 is 5.97 Å². The monoisotopic (exact) mass is 240 g/mol. The Morgan fingerprint density at radius 3 is 3.06 bits per heavy atom. The molecular formula is C10H9ClN2O3. The summed E-state index contributed by atoms with van der Waals surface area (Å²) in [6.45, 7) is 0. The minimum absolute atomic E-state index is 0.368. The molecule has 6 heteroatoms. The molecule has 0 aliphatic heterocycles. The average molecular weight is 241 g/mol. The normalized spacial score (nSPS) is 12.7. The van der Waals surface area contributed by atoms with E-state index < -0.39 is 12.1 Å². The molecule has 0 spiro atoms. The predicted octanol–water partition coefficient (Wildman–Crippen LogP) is 1.42. The van der Waals surface area contributed by atoms with Crippen LogP contribution in [0.25, 0.3) is 10.9 Å². The first kappa shape index (κ1) is 10.9. The summed E-state index contributed by atoms with van der Waals surface area (Å²) in [6.07, 6.45) is -1.35. The number of carbonyl (C=O) groups is 1. The van der Waals surface area contributed by atoms with Gasteiger partial charge in [0.25, 0.3) is 0 Å².